The van der Waals surface area contributed by atoms with Crippen molar-refractivity contribution in [2.45, 2.75) is 11.5 Å². The van der Waals surface area contributed by atoms with Crippen LogP contribution >= 0.6 is 0 Å². The fourth-order valence-corrected chi connectivity index (χ4v) is 3.96. The summed E-state index contributed by atoms with van der Waals surface area (Å²) in [5.41, 5.74) is 0.540. The molecule has 1 N–H and O–H groups in total. The van der Waals surface area contributed by atoms with Crippen molar-refractivity contribution >= 4 is 21.7 Å². The van der Waals surface area contributed by atoms with Crippen LogP contribution in [0.3, 0.4) is 0 Å². The number of nitrogens with zero attached hydrogens (tertiary/aromatic N) is 3. The normalized spacial score (nSPS) is 11.2. The Morgan fingerprint density at radius 3 is 2.66 bits per heavy atom. The fourth-order valence-electron chi connectivity index (χ4n) is 2.85. The first-order valence-electron chi connectivity index (χ1n) is 9.42. The number of para-hydroxylation sites is 1. The van der Waals surface area contributed by atoms with Crippen LogP contribution in [-0.4, -0.2) is 29.2 Å². The summed E-state index contributed by atoms with van der Waals surface area (Å²) in [6.07, 6.45) is 4.93. The van der Waals surface area contributed by atoms with E-state index in [-0.39, 0.29) is 22.8 Å². The lowest BCUT2D eigenvalue weighted by molar-refractivity contribution is 0.0472. The van der Waals surface area contributed by atoms with Crippen molar-refractivity contribution in [2.24, 2.45) is 0 Å². The summed E-state index contributed by atoms with van der Waals surface area (Å²) < 4.78 is 48.1. The molecule has 0 aliphatic rings. The highest BCUT2D eigenvalue weighted by Crippen LogP contribution is 2.20. The fraction of sp³-hybridized carbons (Fsp3) is 0.0455. The Bertz CT molecular complexity index is 1360. The number of hydrogen-bond acceptors (Lipinski definition) is 6. The smallest absolute Gasteiger partial charge is 0.338 e. The van der Waals surface area contributed by atoms with Crippen LogP contribution < -0.4 is 4.72 Å². The molecule has 4 rings (SSSR count). The molecule has 2 aromatic carbocycles. The van der Waals surface area contributed by atoms with Gasteiger partial charge in [0.2, 0.25) is 0 Å². The van der Waals surface area contributed by atoms with E-state index in [0.29, 0.717) is 11.4 Å². The Kier molecular flexibility index (Phi) is 5.95. The van der Waals surface area contributed by atoms with Crippen molar-refractivity contribution in [2.75, 3.05) is 4.72 Å². The topological polar surface area (TPSA) is 103 Å². The number of anilines is 1. The van der Waals surface area contributed by atoms with Gasteiger partial charge >= 0.3 is 5.97 Å². The number of carbonyl (C=O) groups is 1. The molecule has 0 radical (unpaired) electrons. The van der Waals surface area contributed by atoms with Crippen LogP contribution in [-0.2, 0) is 21.4 Å². The molecule has 32 heavy (non-hydrogen) atoms. The van der Waals surface area contributed by atoms with Gasteiger partial charge in [-0.15, -0.1) is 0 Å². The molecule has 0 aliphatic heterocycles. The quantitative estimate of drug-likeness (QED) is 0.430. The third-order valence-corrected chi connectivity index (χ3v) is 5.78. The highest BCUT2D eigenvalue weighted by molar-refractivity contribution is 7.92. The average Bonchev–Trinajstić information content (AvgIpc) is 3.34. The maximum absolute atomic E-state index is 13.8. The van der Waals surface area contributed by atoms with E-state index in [0.717, 1.165) is 6.07 Å². The summed E-state index contributed by atoms with van der Waals surface area (Å²) in [4.78, 5) is 16.5. The second-order valence-corrected chi connectivity index (χ2v) is 8.34. The third kappa shape index (κ3) is 4.81. The third-order valence-electron chi connectivity index (χ3n) is 4.42. The SMILES string of the molecule is O=C(OCc1ccnc(-n2cccn2)c1)c1cccc(S(=O)(=O)Nc2ccccc2F)c1. The van der Waals surface area contributed by atoms with Crippen LogP contribution in [0.15, 0.2) is 90.2 Å². The molecule has 0 aliphatic carbocycles. The van der Waals surface area contributed by atoms with Gasteiger partial charge in [0.25, 0.3) is 10.0 Å². The van der Waals surface area contributed by atoms with Crippen molar-refractivity contribution in [3.8, 4) is 5.82 Å². The molecule has 8 nitrogen and oxygen atoms in total. The predicted octanol–water partition coefficient (Wildman–Crippen LogP) is 3.56. The molecule has 0 saturated heterocycles. The van der Waals surface area contributed by atoms with Gasteiger partial charge < -0.3 is 4.74 Å². The highest BCUT2D eigenvalue weighted by Gasteiger charge is 2.18. The van der Waals surface area contributed by atoms with Crippen molar-refractivity contribution in [1.82, 2.24) is 14.8 Å². The van der Waals surface area contributed by atoms with Crippen LogP contribution in [0.2, 0.25) is 0 Å². The summed E-state index contributed by atoms with van der Waals surface area (Å²) >= 11 is 0. The molecule has 2 heterocycles. The van der Waals surface area contributed by atoms with Gasteiger partial charge in [-0.1, -0.05) is 18.2 Å². The van der Waals surface area contributed by atoms with Crippen molar-refractivity contribution < 1.29 is 22.3 Å². The van der Waals surface area contributed by atoms with Gasteiger partial charge in [0.05, 0.1) is 16.1 Å². The van der Waals surface area contributed by atoms with E-state index in [1.165, 1.54) is 42.5 Å². The Balaban J connectivity index is 1.47. The zero-order chi connectivity index (χ0) is 22.6. The molecule has 10 heteroatoms. The summed E-state index contributed by atoms with van der Waals surface area (Å²) in [5.74, 6) is -0.847. The van der Waals surface area contributed by atoms with Crippen LogP contribution in [0.1, 0.15) is 15.9 Å². The minimum atomic E-state index is -4.11. The lowest BCUT2D eigenvalue weighted by Crippen LogP contribution is -2.15. The highest BCUT2D eigenvalue weighted by atomic mass is 32.2. The van der Waals surface area contributed by atoms with E-state index in [9.17, 15) is 17.6 Å². The average molecular weight is 452 g/mol. The van der Waals surface area contributed by atoms with Crippen LogP contribution in [0.25, 0.3) is 5.82 Å². The molecule has 0 fully saturated rings. The molecule has 0 spiro atoms. The van der Waals surface area contributed by atoms with Gasteiger partial charge in [-0.05, 0) is 54.1 Å². The molecule has 162 valence electrons. The second kappa shape index (κ2) is 8.98. The number of esters is 1. The van der Waals surface area contributed by atoms with Gasteiger partial charge in [0, 0.05) is 18.6 Å². The Morgan fingerprint density at radius 2 is 1.88 bits per heavy atom. The number of ether oxygens (including phenoxy) is 1. The van der Waals surface area contributed by atoms with E-state index >= 15 is 0 Å². The molecule has 0 atom stereocenters. The number of benzene rings is 2. The van der Waals surface area contributed by atoms with Crippen LogP contribution in [0.5, 0.6) is 0 Å². The number of pyridine rings is 1. The number of rotatable bonds is 7. The first kappa shape index (κ1) is 21.2. The zero-order valence-corrected chi connectivity index (χ0v) is 17.4. The van der Waals surface area contributed by atoms with E-state index in [2.05, 4.69) is 14.8 Å². The largest absolute Gasteiger partial charge is 0.457 e. The van der Waals surface area contributed by atoms with Gasteiger partial charge in [-0.25, -0.2) is 27.3 Å². The van der Waals surface area contributed by atoms with Crippen molar-refractivity contribution in [3.63, 3.8) is 0 Å². The summed E-state index contributed by atoms with van der Waals surface area (Å²) in [5, 5.41) is 4.10. The number of nitrogens with one attached hydrogen (secondary N) is 1. The molecule has 4 aromatic rings. The Morgan fingerprint density at radius 1 is 1.03 bits per heavy atom. The number of aromatic nitrogens is 3. The molecular weight excluding hydrogens is 435 g/mol. The molecule has 0 unspecified atom stereocenters. The summed E-state index contributed by atoms with van der Waals surface area (Å²) in [7, 11) is -4.11. The number of sulfonamides is 1. The molecular formula is C22H17FN4O4S. The minimum absolute atomic E-state index is 0.0416. The monoisotopic (exact) mass is 452 g/mol. The number of halogens is 1. The van der Waals surface area contributed by atoms with Gasteiger partial charge in [0.1, 0.15) is 12.4 Å². The number of hydrogen-bond donors (Lipinski definition) is 1. The van der Waals surface area contributed by atoms with Gasteiger partial charge in [-0.2, -0.15) is 5.10 Å². The van der Waals surface area contributed by atoms with Crippen LogP contribution in [0.4, 0.5) is 10.1 Å². The van der Waals surface area contributed by atoms with Crippen molar-refractivity contribution in [1.29, 1.82) is 0 Å². The summed E-state index contributed by atoms with van der Waals surface area (Å²) in [6, 6.07) is 15.9. The molecule has 0 saturated carbocycles. The van der Waals surface area contributed by atoms with E-state index < -0.39 is 21.8 Å². The van der Waals surface area contributed by atoms with Gasteiger partial charge in [-0.3, -0.25) is 4.72 Å². The molecule has 0 amide bonds. The van der Waals surface area contributed by atoms with E-state index in [4.69, 9.17) is 4.74 Å². The zero-order valence-electron chi connectivity index (χ0n) is 16.6. The van der Waals surface area contributed by atoms with Crippen molar-refractivity contribution in [3.05, 3.63) is 102 Å². The first-order valence-corrected chi connectivity index (χ1v) is 10.9. The predicted molar refractivity (Wildman–Crippen MR) is 114 cm³/mol. The van der Waals surface area contributed by atoms with Gasteiger partial charge in [0.15, 0.2) is 5.82 Å². The number of carbonyl (C=O) groups excluding carboxylic acids is 1. The maximum atomic E-state index is 13.8. The lowest BCUT2D eigenvalue weighted by atomic mass is 10.2. The standard InChI is InChI=1S/C22H17FN4O4S/c23-19-7-1-2-8-20(19)26-32(29,30)18-6-3-5-17(14-18)22(28)31-15-16-9-11-24-21(13-16)27-12-4-10-25-27/h1-14,26H,15H2. The first-order chi connectivity index (χ1) is 15.4. The summed E-state index contributed by atoms with van der Waals surface area (Å²) in [6.45, 7) is -0.0416. The maximum Gasteiger partial charge on any atom is 0.338 e. The Hall–Kier alpha value is -4.05. The molecule has 0 bridgehead atoms. The lowest BCUT2D eigenvalue weighted by Gasteiger charge is -2.10. The second-order valence-electron chi connectivity index (χ2n) is 6.66. The van der Waals surface area contributed by atoms with Crippen LogP contribution in [0, 0.1) is 5.82 Å². The van der Waals surface area contributed by atoms with E-state index in [1.807, 2.05) is 0 Å². The Labute approximate surface area is 183 Å². The molecule has 2 aromatic heterocycles. The minimum Gasteiger partial charge on any atom is -0.457 e. The van der Waals surface area contributed by atoms with E-state index in [1.54, 1.807) is 41.5 Å².